The molecule has 0 aliphatic heterocycles. The number of hydrogen-bond donors (Lipinski definition) is 2. The summed E-state index contributed by atoms with van der Waals surface area (Å²) in [5, 5.41) is 2.39. The molecule has 0 spiro atoms. The monoisotopic (exact) mass is 304 g/mol. The van der Waals surface area contributed by atoms with Crippen LogP contribution >= 0.6 is 25.3 Å². The molecule has 0 unspecified atom stereocenters. The summed E-state index contributed by atoms with van der Waals surface area (Å²) in [5.41, 5.74) is 2.72. The van der Waals surface area contributed by atoms with E-state index < -0.39 is 0 Å². The van der Waals surface area contributed by atoms with Crippen molar-refractivity contribution in [2.45, 2.75) is 62.2 Å². The molecule has 0 fully saturated rings. The minimum atomic E-state index is 0.0865. The maximum Gasteiger partial charge on any atom is 0.0167 e. The zero-order valence-electron chi connectivity index (χ0n) is 13.2. The molecule has 0 N–H and O–H groups in total. The molecule has 0 amide bonds. The molecule has 0 atom stereocenters. The summed E-state index contributed by atoms with van der Waals surface area (Å²) in [4.78, 5) is 2.12. The molecule has 0 nitrogen and oxygen atoms in total. The van der Waals surface area contributed by atoms with E-state index in [0.717, 1.165) is 9.79 Å². The summed E-state index contributed by atoms with van der Waals surface area (Å²) < 4.78 is 0. The smallest absolute Gasteiger partial charge is 0.0167 e. The van der Waals surface area contributed by atoms with Crippen LogP contribution in [0.15, 0.2) is 34.1 Å². The average Bonchev–Trinajstić information content (AvgIpc) is 2.25. The SMILES string of the molecule is CC(C)(C)c1ccc2ccc(C(C)(C)C)c(S)c2c1S. The average molecular weight is 305 g/mol. The lowest BCUT2D eigenvalue weighted by atomic mass is 9.83. The highest BCUT2D eigenvalue weighted by Gasteiger charge is 2.22. The Labute approximate surface area is 133 Å². The van der Waals surface area contributed by atoms with E-state index in [-0.39, 0.29) is 10.8 Å². The number of fused-ring (bicyclic) bond motifs is 1. The molecule has 0 saturated carbocycles. The van der Waals surface area contributed by atoms with Gasteiger partial charge < -0.3 is 0 Å². The van der Waals surface area contributed by atoms with Gasteiger partial charge >= 0.3 is 0 Å². The third kappa shape index (κ3) is 2.73. The lowest BCUT2D eigenvalue weighted by Gasteiger charge is -2.26. The maximum absolute atomic E-state index is 4.82. The normalized spacial score (nSPS) is 13.0. The van der Waals surface area contributed by atoms with E-state index in [4.69, 9.17) is 25.3 Å². The van der Waals surface area contributed by atoms with Gasteiger partial charge in [0.15, 0.2) is 0 Å². The molecule has 0 radical (unpaired) electrons. The first-order valence-corrected chi connectivity index (χ1v) is 7.91. The van der Waals surface area contributed by atoms with Crippen molar-refractivity contribution in [1.82, 2.24) is 0 Å². The lowest BCUT2D eigenvalue weighted by Crippen LogP contribution is -2.14. The van der Waals surface area contributed by atoms with Crippen molar-refractivity contribution in [3.63, 3.8) is 0 Å². The first-order valence-electron chi connectivity index (χ1n) is 7.02. The Morgan fingerprint density at radius 3 is 1.30 bits per heavy atom. The summed E-state index contributed by atoms with van der Waals surface area (Å²) in [6.07, 6.45) is 0. The van der Waals surface area contributed by atoms with E-state index in [9.17, 15) is 0 Å². The molecule has 2 heteroatoms. The van der Waals surface area contributed by atoms with Crippen LogP contribution in [0.5, 0.6) is 0 Å². The highest BCUT2D eigenvalue weighted by molar-refractivity contribution is 7.81. The molecule has 20 heavy (non-hydrogen) atoms. The maximum atomic E-state index is 4.82. The van der Waals surface area contributed by atoms with Crippen molar-refractivity contribution in [3.05, 3.63) is 35.4 Å². The van der Waals surface area contributed by atoms with Gasteiger partial charge in [-0.05, 0) is 27.3 Å². The van der Waals surface area contributed by atoms with E-state index >= 15 is 0 Å². The van der Waals surface area contributed by atoms with Gasteiger partial charge in [0.05, 0.1) is 0 Å². The van der Waals surface area contributed by atoms with Gasteiger partial charge in [-0.15, -0.1) is 25.3 Å². The van der Waals surface area contributed by atoms with Crippen LogP contribution < -0.4 is 0 Å². The van der Waals surface area contributed by atoms with E-state index in [1.54, 1.807) is 0 Å². The summed E-state index contributed by atoms with van der Waals surface area (Å²) in [7, 11) is 0. The van der Waals surface area contributed by atoms with Crippen LogP contribution in [0.1, 0.15) is 52.7 Å². The van der Waals surface area contributed by atoms with Gasteiger partial charge in [0.2, 0.25) is 0 Å². The number of thiol groups is 2. The summed E-state index contributed by atoms with van der Waals surface area (Å²) >= 11 is 9.64. The zero-order chi connectivity index (χ0) is 15.3. The number of hydrogen-bond acceptors (Lipinski definition) is 2. The second-order valence-electron chi connectivity index (χ2n) is 7.52. The standard InChI is InChI=1S/C18H24S2/c1-17(2,3)12-9-7-11-8-10-13(18(4,5)6)16(20)14(11)15(12)19/h7-10,19-20H,1-6H3. The minimum absolute atomic E-state index is 0.0865. The Morgan fingerprint density at radius 1 is 0.650 bits per heavy atom. The predicted molar refractivity (Wildman–Crippen MR) is 95.9 cm³/mol. The summed E-state index contributed by atoms with van der Waals surface area (Å²) in [6.45, 7) is 13.3. The highest BCUT2D eigenvalue weighted by atomic mass is 32.1. The summed E-state index contributed by atoms with van der Waals surface area (Å²) in [6, 6.07) is 8.74. The number of rotatable bonds is 0. The third-order valence-corrected chi connectivity index (χ3v) is 4.68. The molecule has 0 saturated heterocycles. The fourth-order valence-electron chi connectivity index (χ4n) is 2.59. The molecule has 0 aliphatic rings. The van der Waals surface area contributed by atoms with Crippen molar-refractivity contribution in [3.8, 4) is 0 Å². The Kier molecular flexibility index (Phi) is 3.94. The molecule has 2 rings (SSSR count). The van der Waals surface area contributed by atoms with Crippen molar-refractivity contribution < 1.29 is 0 Å². The van der Waals surface area contributed by atoms with Gasteiger partial charge in [-0.3, -0.25) is 0 Å². The van der Waals surface area contributed by atoms with Crippen LogP contribution in [0.4, 0.5) is 0 Å². The second-order valence-corrected chi connectivity index (χ2v) is 8.42. The Bertz CT molecular complexity index is 601. The van der Waals surface area contributed by atoms with Gasteiger partial charge in [-0.25, -0.2) is 0 Å². The van der Waals surface area contributed by atoms with Crippen LogP contribution in [-0.2, 0) is 10.8 Å². The van der Waals surface area contributed by atoms with Crippen molar-refractivity contribution in [2.75, 3.05) is 0 Å². The van der Waals surface area contributed by atoms with Crippen molar-refractivity contribution in [2.24, 2.45) is 0 Å². The second kappa shape index (κ2) is 4.99. The minimum Gasteiger partial charge on any atom is -0.142 e. The highest BCUT2D eigenvalue weighted by Crippen LogP contribution is 2.40. The van der Waals surface area contributed by atoms with Crippen molar-refractivity contribution >= 4 is 36.0 Å². The first-order chi connectivity index (χ1) is 9.03. The molecule has 2 aromatic rings. The van der Waals surface area contributed by atoms with E-state index in [0.29, 0.717) is 0 Å². The van der Waals surface area contributed by atoms with Crippen LogP contribution in [0.2, 0.25) is 0 Å². The van der Waals surface area contributed by atoms with E-state index in [2.05, 4.69) is 65.8 Å². The van der Waals surface area contributed by atoms with Gasteiger partial charge in [-0.2, -0.15) is 0 Å². The van der Waals surface area contributed by atoms with Crippen LogP contribution in [0.25, 0.3) is 10.8 Å². The molecular formula is C18H24S2. The van der Waals surface area contributed by atoms with E-state index in [1.807, 2.05) is 0 Å². The van der Waals surface area contributed by atoms with Gasteiger partial charge in [0.25, 0.3) is 0 Å². The molecule has 2 aromatic carbocycles. The molecule has 0 aliphatic carbocycles. The topological polar surface area (TPSA) is 0 Å². The van der Waals surface area contributed by atoms with Crippen LogP contribution in [0, 0.1) is 0 Å². The number of benzene rings is 2. The fraction of sp³-hybridized carbons (Fsp3) is 0.444. The Balaban J connectivity index is 2.86. The first kappa shape index (κ1) is 15.8. The van der Waals surface area contributed by atoms with Crippen LogP contribution in [0.3, 0.4) is 0 Å². The van der Waals surface area contributed by atoms with E-state index in [1.165, 1.54) is 21.9 Å². The molecule has 0 aromatic heterocycles. The molecule has 108 valence electrons. The lowest BCUT2D eigenvalue weighted by molar-refractivity contribution is 0.576. The Morgan fingerprint density at radius 2 is 1.00 bits per heavy atom. The largest absolute Gasteiger partial charge is 0.142 e. The molecule has 0 heterocycles. The Hall–Kier alpha value is -0.600. The summed E-state index contributed by atoms with van der Waals surface area (Å²) in [5.74, 6) is 0. The zero-order valence-corrected chi connectivity index (χ0v) is 15.0. The van der Waals surface area contributed by atoms with Gasteiger partial charge in [-0.1, -0.05) is 65.8 Å². The predicted octanol–water partition coefficient (Wildman–Crippen LogP) is 6.01. The quantitative estimate of drug-likeness (QED) is 0.547. The van der Waals surface area contributed by atoms with Gasteiger partial charge in [0.1, 0.15) is 0 Å². The third-order valence-electron chi connectivity index (χ3n) is 3.75. The fourth-order valence-corrected chi connectivity index (χ4v) is 3.98. The van der Waals surface area contributed by atoms with Crippen molar-refractivity contribution in [1.29, 1.82) is 0 Å². The van der Waals surface area contributed by atoms with Crippen LogP contribution in [-0.4, -0.2) is 0 Å². The molecular weight excluding hydrogens is 280 g/mol. The molecule has 0 bridgehead atoms. The van der Waals surface area contributed by atoms with Gasteiger partial charge in [0, 0.05) is 15.2 Å².